The first-order valence-corrected chi connectivity index (χ1v) is 10.9. The number of benzene rings is 1. The van der Waals surface area contributed by atoms with Crippen molar-refractivity contribution in [2.75, 3.05) is 46.3 Å². The van der Waals surface area contributed by atoms with E-state index in [2.05, 4.69) is 40.1 Å². The van der Waals surface area contributed by atoms with Crippen LogP contribution in [-0.4, -0.2) is 78.1 Å². The Morgan fingerprint density at radius 2 is 1.86 bits per heavy atom. The summed E-state index contributed by atoms with van der Waals surface area (Å²) in [7, 11) is 1.99. The van der Waals surface area contributed by atoms with E-state index in [1.807, 2.05) is 18.9 Å². The van der Waals surface area contributed by atoms with E-state index >= 15 is 0 Å². The lowest BCUT2D eigenvalue weighted by atomic mass is 9.93. The fourth-order valence-corrected chi connectivity index (χ4v) is 4.76. The lowest BCUT2D eigenvalue weighted by Crippen LogP contribution is -2.46. The van der Waals surface area contributed by atoms with Gasteiger partial charge in [-0.05, 0) is 63.7 Å². The van der Waals surface area contributed by atoms with Gasteiger partial charge in [-0.25, -0.2) is 0 Å². The van der Waals surface area contributed by atoms with E-state index in [0.717, 1.165) is 71.5 Å². The van der Waals surface area contributed by atoms with Crippen LogP contribution in [0, 0.1) is 11.8 Å². The number of carbonyl (C=O) groups is 1. The van der Waals surface area contributed by atoms with E-state index in [1.54, 1.807) is 0 Å². The van der Waals surface area contributed by atoms with Crippen LogP contribution in [0.1, 0.15) is 38.2 Å². The first kappa shape index (κ1) is 21.3. The van der Waals surface area contributed by atoms with Crippen LogP contribution in [0.2, 0.25) is 0 Å². The monoisotopic (exact) mass is 387 g/mol. The number of likely N-dealkylation sites (tertiary alicyclic amines) is 2. The summed E-state index contributed by atoms with van der Waals surface area (Å²) in [6.07, 6.45) is 4.10. The van der Waals surface area contributed by atoms with E-state index in [0.29, 0.717) is 11.8 Å². The van der Waals surface area contributed by atoms with Crippen molar-refractivity contribution in [1.82, 2.24) is 14.7 Å². The van der Waals surface area contributed by atoms with Crippen LogP contribution in [-0.2, 0) is 11.3 Å². The maximum absolute atomic E-state index is 13.0. The van der Waals surface area contributed by atoms with Gasteiger partial charge in [-0.2, -0.15) is 0 Å². The van der Waals surface area contributed by atoms with Gasteiger partial charge in [0.1, 0.15) is 0 Å². The molecule has 2 aliphatic heterocycles. The van der Waals surface area contributed by atoms with Gasteiger partial charge >= 0.3 is 0 Å². The van der Waals surface area contributed by atoms with Gasteiger partial charge in [0, 0.05) is 33.2 Å². The first-order chi connectivity index (χ1) is 13.5. The van der Waals surface area contributed by atoms with E-state index in [-0.39, 0.29) is 12.0 Å². The van der Waals surface area contributed by atoms with E-state index in [4.69, 9.17) is 0 Å². The molecule has 156 valence electrons. The van der Waals surface area contributed by atoms with Crippen LogP contribution < -0.4 is 0 Å². The third-order valence-electron chi connectivity index (χ3n) is 6.24. The van der Waals surface area contributed by atoms with E-state index < -0.39 is 0 Å². The SMILES string of the molecule is CC(O)CN1CCC(CN(C)C(=O)C2CCCN(Cc3ccccc3)C2)CC1. The molecule has 1 N–H and O–H groups in total. The molecule has 3 rings (SSSR count). The minimum absolute atomic E-state index is 0.137. The smallest absolute Gasteiger partial charge is 0.226 e. The standard InChI is InChI=1S/C23H37N3O2/c1-19(27)15-25-13-10-21(11-14-25)16-24(2)23(28)22-9-6-12-26(18-22)17-20-7-4-3-5-8-20/h3-5,7-8,19,21-22,27H,6,9-18H2,1-2H3. The normalized spacial score (nSPS) is 23.5. The molecule has 1 aromatic rings. The second kappa shape index (κ2) is 10.4. The van der Waals surface area contributed by atoms with Crippen LogP contribution in [0.25, 0.3) is 0 Å². The first-order valence-electron chi connectivity index (χ1n) is 10.9. The van der Waals surface area contributed by atoms with Gasteiger partial charge in [0.25, 0.3) is 0 Å². The van der Waals surface area contributed by atoms with Gasteiger partial charge in [-0.3, -0.25) is 9.69 Å². The fraction of sp³-hybridized carbons (Fsp3) is 0.696. The number of amides is 1. The molecule has 2 aliphatic rings. The van der Waals surface area contributed by atoms with Crippen molar-refractivity contribution in [2.24, 2.45) is 11.8 Å². The molecule has 0 spiro atoms. The Labute approximate surface area is 170 Å². The van der Waals surface area contributed by atoms with Crippen LogP contribution >= 0.6 is 0 Å². The van der Waals surface area contributed by atoms with Gasteiger partial charge in [-0.1, -0.05) is 30.3 Å². The number of nitrogens with zero attached hydrogens (tertiary/aromatic N) is 3. The van der Waals surface area contributed by atoms with Crippen molar-refractivity contribution < 1.29 is 9.90 Å². The molecule has 0 aromatic heterocycles. The Kier molecular flexibility index (Phi) is 7.89. The molecule has 1 aromatic carbocycles. The quantitative estimate of drug-likeness (QED) is 0.781. The van der Waals surface area contributed by atoms with Crippen molar-refractivity contribution in [3.8, 4) is 0 Å². The zero-order chi connectivity index (χ0) is 19.9. The van der Waals surface area contributed by atoms with Gasteiger partial charge in [-0.15, -0.1) is 0 Å². The number of aliphatic hydroxyl groups is 1. The molecule has 2 unspecified atom stereocenters. The lowest BCUT2D eigenvalue weighted by molar-refractivity contribution is -0.136. The third kappa shape index (κ3) is 6.29. The van der Waals surface area contributed by atoms with Crippen LogP contribution in [0.5, 0.6) is 0 Å². The Hall–Kier alpha value is -1.43. The third-order valence-corrected chi connectivity index (χ3v) is 6.24. The summed E-state index contributed by atoms with van der Waals surface area (Å²) in [5.74, 6) is 1.05. The maximum Gasteiger partial charge on any atom is 0.226 e. The molecule has 0 bridgehead atoms. The molecule has 2 fully saturated rings. The summed E-state index contributed by atoms with van der Waals surface area (Å²) in [6, 6.07) is 10.6. The van der Waals surface area contributed by atoms with Crippen LogP contribution in [0.3, 0.4) is 0 Å². The summed E-state index contributed by atoms with van der Waals surface area (Å²) < 4.78 is 0. The Morgan fingerprint density at radius 1 is 1.14 bits per heavy atom. The Balaban J connectivity index is 1.44. The summed E-state index contributed by atoms with van der Waals surface area (Å²) in [4.78, 5) is 19.8. The molecule has 0 aliphatic carbocycles. The van der Waals surface area contributed by atoms with E-state index in [9.17, 15) is 9.90 Å². The number of rotatable bonds is 7. The molecule has 28 heavy (non-hydrogen) atoms. The zero-order valence-electron chi connectivity index (χ0n) is 17.6. The van der Waals surface area contributed by atoms with Crippen molar-refractivity contribution in [3.05, 3.63) is 35.9 Å². The largest absolute Gasteiger partial charge is 0.392 e. The predicted octanol–water partition coefficient (Wildman–Crippen LogP) is 2.45. The topological polar surface area (TPSA) is 47.0 Å². The van der Waals surface area contributed by atoms with Crippen molar-refractivity contribution in [2.45, 2.75) is 45.3 Å². The minimum atomic E-state index is -0.258. The molecule has 5 heteroatoms. The summed E-state index contributed by atoms with van der Waals surface area (Å²) in [5, 5.41) is 9.55. The fourth-order valence-electron chi connectivity index (χ4n) is 4.76. The molecule has 1 amide bonds. The van der Waals surface area contributed by atoms with Crippen LogP contribution in [0.15, 0.2) is 30.3 Å². The second-order valence-electron chi connectivity index (χ2n) is 8.87. The number of hydrogen-bond donors (Lipinski definition) is 1. The molecule has 2 saturated heterocycles. The molecular weight excluding hydrogens is 350 g/mol. The highest BCUT2D eigenvalue weighted by Crippen LogP contribution is 2.23. The second-order valence-corrected chi connectivity index (χ2v) is 8.87. The lowest BCUT2D eigenvalue weighted by Gasteiger charge is -2.37. The predicted molar refractivity (Wildman–Crippen MR) is 113 cm³/mol. The summed E-state index contributed by atoms with van der Waals surface area (Å²) in [6.45, 7) is 8.46. The maximum atomic E-state index is 13.0. The van der Waals surface area contributed by atoms with Crippen LogP contribution in [0.4, 0.5) is 0 Å². The summed E-state index contributed by atoms with van der Waals surface area (Å²) in [5.41, 5.74) is 1.33. The molecule has 2 atom stereocenters. The number of β-amino-alcohol motifs (C(OH)–C–C–N with tert-alkyl or cyclic N) is 1. The van der Waals surface area contributed by atoms with Gasteiger partial charge < -0.3 is 14.9 Å². The number of piperidine rings is 2. The molecular formula is C23H37N3O2. The van der Waals surface area contributed by atoms with Crippen molar-refractivity contribution in [3.63, 3.8) is 0 Å². The van der Waals surface area contributed by atoms with Gasteiger partial charge in [0.2, 0.25) is 5.91 Å². The minimum Gasteiger partial charge on any atom is -0.392 e. The number of hydrogen-bond acceptors (Lipinski definition) is 4. The average Bonchev–Trinajstić information content (AvgIpc) is 2.69. The highest BCUT2D eigenvalue weighted by atomic mass is 16.3. The molecule has 2 heterocycles. The van der Waals surface area contributed by atoms with Crippen molar-refractivity contribution in [1.29, 1.82) is 0 Å². The van der Waals surface area contributed by atoms with Gasteiger partial charge in [0.15, 0.2) is 0 Å². The van der Waals surface area contributed by atoms with Gasteiger partial charge in [0.05, 0.1) is 12.0 Å². The molecule has 5 nitrogen and oxygen atoms in total. The number of aliphatic hydroxyl groups excluding tert-OH is 1. The Morgan fingerprint density at radius 3 is 2.54 bits per heavy atom. The zero-order valence-corrected chi connectivity index (χ0v) is 17.6. The molecule has 0 saturated carbocycles. The number of carbonyl (C=O) groups excluding carboxylic acids is 1. The van der Waals surface area contributed by atoms with E-state index in [1.165, 1.54) is 5.56 Å². The highest BCUT2D eigenvalue weighted by molar-refractivity contribution is 5.78. The molecule has 0 radical (unpaired) electrons. The highest BCUT2D eigenvalue weighted by Gasteiger charge is 2.29. The van der Waals surface area contributed by atoms with Crippen molar-refractivity contribution >= 4 is 5.91 Å². The Bertz CT molecular complexity index is 599. The average molecular weight is 388 g/mol. The summed E-state index contributed by atoms with van der Waals surface area (Å²) >= 11 is 0.